The fraction of sp³-hybridized carbons (Fsp3) is 0.562. The first-order chi connectivity index (χ1) is 9.52. The van der Waals surface area contributed by atoms with E-state index in [0.29, 0.717) is 18.6 Å². The number of rotatable bonds is 5. The van der Waals surface area contributed by atoms with E-state index in [1.807, 2.05) is 32.0 Å². The van der Waals surface area contributed by atoms with E-state index >= 15 is 0 Å². The molecule has 0 fully saturated rings. The molecule has 0 bridgehead atoms. The van der Waals surface area contributed by atoms with Gasteiger partial charge < -0.3 is 14.8 Å². The van der Waals surface area contributed by atoms with E-state index < -0.39 is 0 Å². The molecular weight excluding hydrogens is 254 g/mol. The Morgan fingerprint density at radius 2 is 2.20 bits per heavy atom. The van der Waals surface area contributed by atoms with Crippen molar-refractivity contribution in [2.24, 2.45) is 0 Å². The molecule has 4 nitrogen and oxygen atoms in total. The summed E-state index contributed by atoms with van der Waals surface area (Å²) < 4.78 is 10.6. The van der Waals surface area contributed by atoms with Crippen LogP contribution in [0.5, 0.6) is 0 Å². The molecule has 0 unspecified atom stereocenters. The van der Waals surface area contributed by atoms with Crippen LogP contribution in [0.1, 0.15) is 42.6 Å². The van der Waals surface area contributed by atoms with E-state index in [9.17, 15) is 4.79 Å². The van der Waals surface area contributed by atoms with E-state index in [2.05, 4.69) is 5.32 Å². The maximum absolute atomic E-state index is 12.0. The van der Waals surface area contributed by atoms with Gasteiger partial charge in [0.1, 0.15) is 0 Å². The molecule has 1 aromatic rings. The summed E-state index contributed by atoms with van der Waals surface area (Å²) in [4.78, 5) is 12.0. The zero-order valence-electron chi connectivity index (χ0n) is 12.5. The van der Waals surface area contributed by atoms with Crippen LogP contribution in [0.4, 0.5) is 5.69 Å². The molecular formula is C16H23NO3. The first-order valence-corrected chi connectivity index (χ1v) is 7.11. The molecule has 1 aliphatic heterocycles. The van der Waals surface area contributed by atoms with Crippen molar-refractivity contribution in [2.45, 2.75) is 38.7 Å². The summed E-state index contributed by atoms with van der Waals surface area (Å²) in [7, 11) is 1.66. The van der Waals surface area contributed by atoms with Gasteiger partial charge in [-0.3, -0.25) is 0 Å². The molecule has 1 aromatic carbocycles. The lowest BCUT2D eigenvalue weighted by atomic mass is 10.0. The third-order valence-electron chi connectivity index (χ3n) is 3.77. The van der Waals surface area contributed by atoms with Gasteiger partial charge in [-0.2, -0.15) is 0 Å². The van der Waals surface area contributed by atoms with Gasteiger partial charge in [-0.15, -0.1) is 0 Å². The van der Waals surface area contributed by atoms with Crippen LogP contribution in [0.3, 0.4) is 0 Å². The standard InChI is InChI=1S/C16H23NO3/c1-16(2,19-3)8-10-20-15(18)13-6-7-14-12(11-13)5-4-9-17-14/h6-7,11,17H,4-5,8-10H2,1-3H3. The van der Waals surface area contributed by atoms with Crippen molar-refractivity contribution in [3.63, 3.8) is 0 Å². The second-order valence-corrected chi connectivity index (χ2v) is 5.75. The Morgan fingerprint density at radius 1 is 1.40 bits per heavy atom. The highest BCUT2D eigenvalue weighted by Gasteiger charge is 2.18. The number of ether oxygens (including phenoxy) is 2. The van der Waals surface area contributed by atoms with Crippen molar-refractivity contribution in [1.82, 2.24) is 0 Å². The molecule has 0 atom stereocenters. The number of fused-ring (bicyclic) bond motifs is 1. The number of methoxy groups -OCH3 is 1. The molecule has 0 aliphatic carbocycles. The quantitative estimate of drug-likeness (QED) is 0.840. The van der Waals surface area contributed by atoms with Crippen LogP contribution in [0.25, 0.3) is 0 Å². The summed E-state index contributed by atoms with van der Waals surface area (Å²) in [6.45, 7) is 5.33. The minimum Gasteiger partial charge on any atom is -0.462 e. The minimum absolute atomic E-state index is 0.259. The average molecular weight is 277 g/mol. The summed E-state index contributed by atoms with van der Waals surface area (Å²) in [6, 6.07) is 5.72. The lowest BCUT2D eigenvalue weighted by molar-refractivity contribution is -0.00563. The molecule has 4 heteroatoms. The third-order valence-corrected chi connectivity index (χ3v) is 3.77. The third kappa shape index (κ3) is 3.73. The molecule has 1 N–H and O–H groups in total. The number of esters is 1. The number of aryl methyl sites for hydroxylation is 1. The average Bonchev–Trinajstić information content (AvgIpc) is 2.46. The second-order valence-electron chi connectivity index (χ2n) is 5.75. The SMILES string of the molecule is COC(C)(C)CCOC(=O)c1ccc2c(c1)CCCN2. The van der Waals surface area contributed by atoms with Gasteiger partial charge in [0, 0.05) is 25.8 Å². The number of hydrogen-bond acceptors (Lipinski definition) is 4. The van der Waals surface area contributed by atoms with Gasteiger partial charge >= 0.3 is 5.97 Å². The Bertz CT molecular complexity index is 483. The molecule has 1 aliphatic rings. The second kappa shape index (κ2) is 6.27. The van der Waals surface area contributed by atoms with Crippen LogP contribution < -0.4 is 5.32 Å². The largest absolute Gasteiger partial charge is 0.462 e. The summed E-state index contributed by atoms with van der Waals surface area (Å²) in [6.07, 6.45) is 2.80. The van der Waals surface area contributed by atoms with Crippen LogP contribution in [-0.2, 0) is 15.9 Å². The lowest BCUT2D eigenvalue weighted by Crippen LogP contribution is -2.25. The Labute approximate surface area is 120 Å². The van der Waals surface area contributed by atoms with Gasteiger partial charge in [-0.25, -0.2) is 4.79 Å². The summed E-state index contributed by atoms with van der Waals surface area (Å²) in [5, 5.41) is 3.33. The number of nitrogens with one attached hydrogen (secondary N) is 1. The summed E-state index contributed by atoms with van der Waals surface area (Å²) in [5.74, 6) is -0.259. The number of benzene rings is 1. The fourth-order valence-electron chi connectivity index (χ4n) is 2.18. The van der Waals surface area contributed by atoms with Gasteiger partial charge in [0.2, 0.25) is 0 Å². The molecule has 0 spiro atoms. The van der Waals surface area contributed by atoms with Gasteiger partial charge in [-0.1, -0.05) is 0 Å². The van der Waals surface area contributed by atoms with E-state index in [-0.39, 0.29) is 11.6 Å². The molecule has 0 aromatic heterocycles. The van der Waals surface area contributed by atoms with Crippen molar-refractivity contribution in [2.75, 3.05) is 25.6 Å². The van der Waals surface area contributed by atoms with Crippen LogP contribution in [0.2, 0.25) is 0 Å². The molecule has 1 heterocycles. The highest BCUT2D eigenvalue weighted by molar-refractivity contribution is 5.90. The number of carbonyl (C=O) groups is 1. The molecule has 0 saturated heterocycles. The first-order valence-electron chi connectivity index (χ1n) is 7.11. The monoisotopic (exact) mass is 277 g/mol. The molecule has 2 rings (SSSR count). The van der Waals surface area contributed by atoms with Crippen LogP contribution >= 0.6 is 0 Å². The predicted molar refractivity (Wildman–Crippen MR) is 79.2 cm³/mol. The molecule has 20 heavy (non-hydrogen) atoms. The number of anilines is 1. The van der Waals surface area contributed by atoms with Crippen molar-refractivity contribution in [1.29, 1.82) is 0 Å². The van der Waals surface area contributed by atoms with Crippen molar-refractivity contribution < 1.29 is 14.3 Å². The van der Waals surface area contributed by atoms with Crippen molar-refractivity contribution in [3.8, 4) is 0 Å². The number of hydrogen-bond donors (Lipinski definition) is 1. The highest BCUT2D eigenvalue weighted by atomic mass is 16.5. The maximum atomic E-state index is 12.0. The van der Waals surface area contributed by atoms with E-state index in [4.69, 9.17) is 9.47 Å². The summed E-state index contributed by atoms with van der Waals surface area (Å²) >= 11 is 0. The zero-order valence-corrected chi connectivity index (χ0v) is 12.5. The molecule has 0 saturated carbocycles. The van der Waals surface area contributed by atoms with Crippen molar-refractivity contribution >= 4 is 11.7 Å². The molecule has 0 amide bonds. The normalized spacial score (nSPS) is 14.3. The van der Waals surface area contributed by atoms with E-state index in [1.165, 1.54) is 5.56 Å². The predicted octanol–water partition coefficient (Wildman–Crippen LogP) is 3.02. The van der Waals surface area contributed by atoms with Crippen LogP contribution in [0, 0.1) is 0 Å². The molecule has 0 radical (unpaired) electrons. The van der Waals surface area contributed by atoms with Gasteiger partial charge in [0.05, 0.1) is 17.8 Å². The van der Waals surface area contributed by atoms with E-state index in [1.54, 1.807) is 7.11 Å². The van der Waals surface area contributed by atoms with Gasteiger partial charge in [-0.05, 0) is 50.5 Å². The van der Waals surface area contributed by atoms with E-state index in [0.717, 1.165) is 25.1 Å². The maximum Gasteiger partial charge on any atom is 0.338 e. The highest BCUT2D eigenvalue weighted by Crippen LogP contribution is 2.23. The minimum atomic E-state index is -0.264. The van der Waals surface area contributed by atoms with Crippen LogP contribution in [0.15, 0.2) is 18.2 Å². The topological polar surface area (TPSA) is 47.6 Å². The zero-order chi connectivity index (χ0) is 14.6. The van der Waals surface area contributed by atoms with Crippen molar-refractivity contribution in [3.05, 3.63) is 29.3 Å². The van der Waals surface area contributed by atoms with Gasteiger partial charge in [0.25, 0.3) is 0 Å². The lowest BCUT2D eigenvalue weighted by Gasteiger charge is -2.22. The Morgan fingerprint density at radius 3 is 2.95 bits per heavy atom. The smallest absolute Gasteiger partial charge is 0.338 e. The summed E-state index contributed by atoms with van der Waals surface area (Å²) in [5.41, 5.74) is 2.69. The van der Waals surface area contributed by atoms with Gasteiger partial charge in [0.15, 0.2) is 0 Å². The number of carbonyl (C=O) groups excluding carboxylic acids is 1. The first kappa shape index (κ1) is 14.9. The fourth-order valence-corrected chi connectivity index (χ4v) is 2.18. The van der Waals surface area contributed by atoms with Crippen LogP contribution in [-0.4, -0.2) is 31.8 Å². The molecule has 110 valence electrons. The Kier molecular flexibility index (Phi) is 4.65. The Hall–Kier alpha value is -1.55. The Balaban J connectivity index is 1.93.